The summed E-state index contributed by atoms with van der Waals surface area (Å²) in [6.07, 6.45) is 0. The van der Waals surface area contributed by atoms with E-state index in [0.717, 1.165) is 38.6 Å². The number of hydrogen-bond acceptors (Lipinski definition) is 7. The lowest BCUT2D eigenvalue weighted by molar-refractivity contribution is -0.905. The summed E-state index contributed by atoms with van der Waals surface area (Å²) in [5.41, 5.74) is 5.79. The summed E-state index contributed by atoms with van der Waals surface area (Å²) in [6, 6.07) is 6.63. The van der Waals surface area contributed by atoms with Gasteiger partial charge in [-0.05, 0) is 31.2 Å². The first-order valence-corrected chi connectivity index (χ1v) is 10.5. The second-order valence-electron chi connectivity index (χ2n) is 6.50. The second kappa shape index (κ2) is 10.3. The van der Waals surface area contributed by atoms with Crippen molar-refractivity contribution in [1.29, 1.82) is 0 Å². The first-order chi connectivity index (χ1) is 14.1. The summed E-state index contributed by atoms with van der Waals surface area (Å²) in [4.78, 5) is 33.2. The van der Waals surface area contributed by atoms with E-state index in [2.05, 4.69) is 15.3 Å². The van der Waals surface area contributed by atoms with E-state index >= 15 is 0 Å². The lowest BCUT2D eigenvalue weighted by Gasteiger charge is -2.23. The lowest BCUT2D eigenvalue weighted by Crippen LogP contribution is -3.14. The molecule has 1 aromatic carbocycles. The minimum absolute atomic E-state index is 0.00532. The molecule has 0 aliphatic carbocycles. The normalized spacial score (nSPS) is 14.5. The van der Waals surface area contributed by atoms with Gasteiger partial charge in [-0.1, -0.05) is 11.8 Å². The summed E-state index contributed by atoms with van der Waals surface area (Å²) < 4.78 is 10.7. The van der Waals surface area contributed by atoms with Crippen molar-refractivity contribution in [2.45, 2.75) is 12.1 Å². The van der Waals surface area contributed by atoms with Gasteiger partial charge in [-0.2, -0.15) is 0 Å². The van der Waals surface area contributed by atoms with Gasteiger partial charge in [0.15, 0.2) is 11.0 Å². The standard InChI is InChI=1S/C19H25N5O4S/c1-2-28-14-5-3-13(4-6-14)17(25)21-15-16(20)22-19(23-18(15)26)29-12-9-24-7-10-27-11-8-24/h3-6H,2,7-12H2,1H3,(H,21,25)(H3,20,22,23,26)/p+1. The van der Waals surface area contributed by atoms with Gasteiger partial charge in [0.05, 0.1) is 32.1 Å². The van der Waals surface area contributed by atoms with Gasteiger partial charge in [-0.15, -0.1) is 0 Å². The highest BCUT2D eigenvalue weighted by molar-refractivity contribution is 7.99. The summed E-state index contributed by atoms with van der Waals surface area (Å²) >= 11 is 1.44. The Labute approximate surface area is 173 Å². The maximum atomic E-state index is 12.4. The van der Waals surface area contributed by atoms with Crippen LogP contribution in [0.4, 0.5) is 11.5 Å². The van der Waals surface area contributed by atoms with E-state index in [9.17, 15) is 9.59 Å². The van der Waals surface area contributed by atoms with Crippen molar-refractivity contribution in [3.8, 4) is 5.75 Å². The predicted molar refractivity (Wildman–Crippen MR) is 112 cm³/mol. The van der Waals surface area contributed by atoms with Crippen LogP contribution in [0.3, 0.4) is 0 Å². The maximum absolute atomic E-state index is 12.4. The Hall–Kier alpha value is -2.56. The quantitative estimate of drug-likeness (QED) is 0.350. The molecule has 1 amide bonds. The minimum atomic E-state index is -0.474. The van der Waals surface area contributed by atoms with Crippen LogP contribution >= 0.6 is 11.8 Å². The van der Waals surface area contributed by atoms with Gasteiger partial charge in [-0.3, -0.25) is 14.6 Å². The monoisotopic (exact) mass is 420 g/mol. The SMILES string of the molecule is CCOc1ccc(C(=O)Nc2c(N)nc(SCC[NH+]3CCOCC3)[nH]c2=O)cc1. The number of nitrogens with one attached hydrogen (secondary N) is 3. The second-order valence-corrected chi connectivity index (χ2v) is 7.59. The molecule has 10 heteroatoms. The number of rotatable bonds is 8. The van der Waals surface area contributed by atoms with Crippen LogP contribution in [0, 0.1) is 0 Å². The molecule has 0 unspecified atom stereocenters. The Morgan fingerprint density at radius 1 is 1.34 bits per heavy atom. The average Bonchev–Trinajstić information content (AvgIpc) is 2.72. The highest BCUT2D eigenvalue weighted by atomic mass is 32.2. The van der Waals surface area contributed by atoms with Crippen LogP contribution in [0.25, 0.3) is 0 Å². The summed E-state index contributed by atoms with van der Waals surface area (Å²) in [5, 5.41) is 2.99. The Kier molecular flexibility index (Phi) is 7.50. The number of hydrogen-bond donors (Lipinski definition) is 4. The van der Waals surface area contributed by atoms with Crippen molar-refractivity contribution in [2.75, 3.05) is 56.3 Å². The molecule has 5 N–H and O–H groups in total. The number of thioether (sulfide) groups is 1. The molecule has 0 spiro atoms. The highest BCUT2D eigenvalue weighted by Gasteiger charge is 2.16. The van der Waals surface area contributed by atoms with Gasteiger partial charge < -0.3 is 25.4 Å². The van der Waals surface area contributed by atoms with Crippen molar-refractivity contribution in [3.05, 3.63) is 40.2 Å². The summed E-state index contributed by atoms with van der Waals surface area (Å²) in [7, 11) is 0. The molecule has 29 heavy (non-hydrogen) atoms. The van der Waals surface area contributed by atoms with Gasteiger partial charge in [0.1, 0.15) is 24.5 Å². The van der Waals surface area contributed by atoms with E-state index in [1.165, 1.54) is 16.7 Å². The molecular weight excluding hydrogens is 394 g/mol. The van der Waals surface area contributed by atoms with Crippen molar-refractivity contribution in [1.82, 2.24) is 9.97 Å². The fraction of sp³-hybridized carbons (Fsp3) is 0.421. The third-order valence-electron chi connectivity index (χ3n) is 4.49. The van der Waals surface area contributed by atoms with Crippen LogP contribution in [0.15, 0.2) is 34.2 Å². The number of anilines is 2. The molecule has 0 bridgehead atoms. The first-order valence-electron chi connectivity index (χ1n) is 9.55. The zero-order chi connectivity index (χ0) is 20.6. The zero-order valence-electron chi connectivity index (χ0n) is 16.3. The van der Waals surface area contributed by atoms with Crippen LogP contribution in [0.5, 0.6) is 5.75 Å². The molecule has 1 aromatic heterocycles. The van der Waals surface area contributed by atoms with E-state index in [0.29, 0.717) is 23.1 Å². The number of quaternary nitrogens is 1. The van der Waals surface area contributed by atoms with E-state index in [4.69, 9.17) is 15.2 Å². The van der Waals surface area contributed by atoms with Crippen molar-refractivity contribution < 1.29 is 19.2 Å². The molecule has 9 nitrogen and oxygen atoms in total. The smallest absolute Gasteiger partial charge is 0.277 e. The third-order valence-corrected chi connectivity index (χ3v) is 5.36. The fourth-order valence-corrected chi connectivity index (χ4v) is 3.83. The Bertz CT molecular complexity index is 881. The number of carbonyl (C=O) groups is 1. The highest BCUT2D eigenvalue weighted by Crippen LogP contribution is 2.18. The lowest BCUT2D eigenvalue weighted by atomic mass is 10.2. The average molecular weight is 421 g/mol. The Morgan fingerprint density at radius 3 is 2.72 bits per heavy atom. The Morgan fingerprint density at radius 2 is 2.07 bits per heavy atom. The molecule has 0 atom stereocenters. The number of carbonyl (C=O) groups excluding carboxylic acids is 1. The fourth-order valence-electron chi connectivity index (χ4n) is 2.92. The van der Waals surface area contributed by atoms with E-state index in [-0.39, 0.29) is 11.5 Å². The van der Waals surface area contributed by atoms with E-state index in [1.807, 2.05) is 6.92 Å². The molecule has 1 fully saturated rings. The van der Waals surface area contributed by atoms with Gasteiger partial charge >= 0.3 is 0 Å². The molecule has 156 valence electrons. The molecular formula is C19H26N5O4S+. The minimum Gasteiger partial charge on any atom is -0.494 e. The van der Waals surface area contributed by atoms with Crippen LogP contribution in [-0.4, -0.2) is 61.1 Å². The first kappa shape index (κ1) is 21.2. The molecule has 0 saturated carbocycles. The van der Waals surface area contributed by atoms with Crippen LogP contribution in [0.2, 0.25) is 0 Å². The number of amides is 1. The van der Waals surface area contributed by atoms with Crippen LogP contribution in [0.1, 0.15) is 17.3 Å². The summed E-state index contributed by atoms with van der Waals surface area (Å²) in [5.74, 6) is 1.02. The number of nitrogen functional groups attached to an aromatic ring is 1. The van der Waals surface area contributed by atoms with Crippen LogP contribution in [-0.2, 0) is 4.74 Å². The van der Waals surface area contributed by atoms with E-state index in [1.54, 1.807) is 24.3 Å². The molecule has 3 rings (SSSR count). The summed E-state index contributed by atoms with van der Waals surface area (Å²) in [6.45, 7) is 6.92. The van der Waals surface area contributed by atoms with Gasteiger partial charge in [-0.25, -0.2) is 4.98 Å². The van der Waals surface area contributed by atoms with Gasteiger partial charge in [0, 0.05) is 5.56 Å². The maximum Gasteiger partial charge on any atom is 0.277 e. The van der Waals surface area contributed by atoms with Gasteiger partial charge in [0.25, 0.3) is 11.5 Å². The molecule has 1 saturated heterocycles. The van der Waals surface area contributed by atoms with Crippen LogP contribution < -0.4 is 26.2 Å². The number of nitrogens with zero attached hydrogens (tertiary/aromatic N) is 1. The number of nitrogens with two attached hydrogens (primary N) is 1. The Balaban J connectivity index is 1.59. The van der Waals surface area contributed by atoms with Crippen molar-refractivity contribution in [3.63, 3.8) is 0 Å². The molecule has 1 aliphatic rings. The number of aromatic amines is 1. The largest absolute Gasteiger partial charge is 0.494 e. The third kappa shape index (κ3) is 5.96. The molecule has 1 aliphatic heterocycles. The molecule has 2 aromatic rings. The number of ether oxygens (including phenoxy) is 2. The number of morpholine rings is 1. The van der Waals surface area contributed by atoms with E-state index < -0.39 is 11.5 Å². The topological polar surface area (TPSA) is 124 Å². The molecule has 2 heterocycles. The van der Waals surface area contributed by atoms with Crippen molar-refractivity contribution >= 4 is 29.2 Å². The predicted octanol–water partition coefficient (Wildman–Crippen LogP) is 0.0103. The molecule has 0 radical (unpaired) electrons. The number of aromatic nitrogens is 2. The number of benzene rings is 1. The number of H-pyrrole nitrogens is 1. The van der Waals surface area contributed by atoms with Crippen molar-refractivity contribution in [2.24, 2.45) is 0 Å². The zero-order valence-corrected chi connectivity index (χ0v) is 17.1. The van der Waals surface area contributed by atoms with Gasteiger partial charge in [0.2, 0.25) is 0 Å².